The molecule has 1 aromatic carbocycles. The number of rotatable bonds is 3. The van der Waals surface area contributed by atoms with Gasteiger partial charge >= 0.3 is 5.97 Å². The zero-order chi connectivity index (χ0) is 9.84. The van der Waals surface area contributed by atoms with Crippen molar-refractivity contribution in [3.05, 3.63) is 35.6 Å². The molecule has 3 nitrogen and oxygen atoms in total. The van der Waals surface area contributed by atoms with Crippen molar-refractivity contribution in [3.63, 3.8) is 0 Å². The van der Waals surface area contributed by atoms with Gasteiger partial charge in [-0.05, 0) is 6.07 Å². The molecule has 0 heterocycles. The highest BCUT2D eigenvalue weighted by Crippen LogP contribution is 2.18. The van der Waals surface area contributed by atoms with E-state index in [1.165, 1.54) is 24.3 Å². The monoisotopic (exact) mass is 184 g/mol. The standard InChI is InChI=1S/C9H9FO3/c10-8-4-2-1-3-6(8)7(5-11)9(12)13/h1-4,7,11H,5H2,(H,12,13)/t7-/m1/s1. The molecule has 0 aliphatic carbocycles. The Labute approximate surface area is 74.4 Å². The van der Waals surface area contributed by atoms with Crippen LogP contribution in [0.5, 0.6) is 0 Å². The van der Waals surface area contributed by atoms with Gasteiger partial charge in [0.1, 0.15) is 11.7 Å². The lowest BCUT2D eigenvalue weighted by Gasteiger charge is -2.09. The number of carbonyl (C=O) groups is 1. The van der Waals surface area contributed by atoms with Crippen LogP contribution in [0.4, 0.5) is 4.39 Å². The lowest BCUT2D eigenvalue weighted by molar-refractivity contribution is -0.139. The molecule has 1 aromatic rings. The zero-order valence-electron chi connectivity index (χ0n) is 6.77. The van der Waals surface area contributed by atoms with E-state index < -0.39 is 24.3 Å². The van der Waals surface area contributed by atoms with Crippen molar-refractivity contribution in [2.45, 2.75) is 5.92 Å². The van der Waals surface area contributed by atoms with Crippen LogP contribution in [0, 0.1) is 5.82 Å². The number of aliphatic hydroxyl groups excluding tert-OH is 1. The zero-order valence-corrected chi connectivity index (χ0v) is 6.77. The Balaban J connectivity index is 3.04. The maximum atomic E-state index is 13.0. The molecule has 0 fully saturated rings. The predicted molar refractivity (Wildman–Crippen MR) is 43.9 cm³/mol. The molecule has 0 bridgehead atoms. The van der Waals surface area contributed by atoms with E-state index in [-0.39, 0.29) is 5.56 Å². The van der Waals surface area contributed by atoms with Crippen molar-refractivity contribution in [2.24, 2.45) is 0 Å². The van der Waals surface area contributed by atoms with Gasteiger partial charge in [-0.2, -0.15) is 0 Å². The Kier molecular flexibility index (Phi) is 2.97. The van der Waals surface area contributed by atoms with Crippen molar-refractivity contribution < 1.29 is 19.4 Å². The molecule has 0 aromatic heterocycles. The number of carboxylic acids is 1. The van der Waals surface area contributed by atoms with E-state index in [2.05, 4.69) is 0 Å². The largest absolute Gasteiger partial charge is 0.481 e. The first kappa shape index (κ1) is 9.67. The molecule has 0 saturated carbocycles. The third-order valence-corrected chi connectivity index (χ3v) is 1.76. The molecule has 2 N–H and O–H groups in total. The minimum atomic E-state index is -1.23. The summed E-state index contributed by atoms with van der Waals surface area (Å²) in [6, 6.07) is 5.52. The first-order valence-electron chi connectivity index (χ1n) is 3.75. The number of halogens is 1. The third kappa shape index (κ3) is 2.03. The van der Waals surface area contributed by atoms with Gasteiger partial charge < -0.3 is 10.2 Å². The van der Waals surface area contributed by atoms with Crippen LogP contribution >= 0.6 is 0 Å². The van der Waals surface area contributed by atoms with Gasteiger partial charge in [-0.15, -0.1) is 0 Å². The van der Waals surface area contributed by atoms with Gasteiger partial charge in [0.05, 0.1) is 6.61 Å². The topological polar surface area (TPSA) is 57.5 Å². The van der Waals surface area contributed by atoms with Crippen LogP contribution < -0.4 is 0 Å². The van der Waals surface area contributed by atoms with E-state index in [9.17, 15) is 9.18 Å². The molecule has 0 aliphatic rings. The Hall–Kier alpha value is -1.42. The minimum absolute atomic E-state index is 0.0116. The second-order valence-corrected chi connectivity index (χ2v) is 2.59. The van der Waals surface area contributed by atoms with E-state index in [0.29, 0.717) is 0 Å². The lowest BCUT2D eigenvalue weighted by atomic mass is 10.00. The summed E-state index contributed by atoms with van der Waals surface area (Å²) in [7, 11) is 0. The summed E-state index contributed by atoms with van der Waals surface area (Å²) in [5.41, 5.74) is 0.0116. The fourth-order valence-electron chi connectivity index (χ4n) is 1.07. The highest BCUT2D eigenvalue weighted by atomic mass is 19.1. The summed E-state index contributed by atoms with van der Waals surface area (Å²) in [6.45, 7) is -0.601. The van der Waals surface area contributed by atoms with Crippen LogP contribution in [0.15, 0.2) is 24.3 Å². The van der Waals surface area contributed by atoms with E-state index in [1.54, 1.807) is 0 Å². The average molecular weight is 184 g/mol. The first-order chi connectivity index (χ1) is 6.16. The van der Waals surface area contributed by atoms with Crippen molar-refractivity contribution in [2.75, 3.05) is 6.61 Å². The summed E-state index contributed by atoms with van der Waals surface area (Å²) in [5, 5.41) is 17.4. The lowest BCUT2D eigenvalue weighted by Crippen LogP contribution is -2.16. The van der Waals surface area contributed by atoms with Gasteiger partial charge in [-0.3, -0.25) is 4.79 Å². The number of carboxylic acid groups (broad SMARTS) is 1. The van der Waals surface area contributed by atoms with Crippen LogP contribution in [0.1, 0.15) is 11.5 Å². The predicted octanol–water partition coefficient (Wildman–Crippen LogP) is 0.986. The highest BCUT2D eigenvalue weighted by molar-refractivity contribution is 5.76. The van der Waals surface area contributed by atoms with E-state index >= 15 is 0 Å². The number of hydrogen-bond acceptors (Lipinski definition) is 2. The van der Waals surface area contributed by atoms with Crippen molar-refractivity contribution in [1.82, 2.24) is 0 Å². The second kappa shape index (κ2) is 4.00. The SMILES string of the molecule is O=C(O)[C@H](CO)c1ccccc1F. The van der Waals surface area contributed by atoms with Gasteiger partial charge in [-0.25, -0.2) is 4.39 Å². The Morgan fingerprint density at radius 1 is 1.46 bits per heavy atom. The first-order valence-corrected chi connectivity index (χ1v) is 3.75. The van der Waals surface area contributed by atoms with E-state index in [0.717, 1.165) is 0 Å². The van der Waals surface area contributed by atoms with E-state index in [1.807, 2.05) is 0 Å². The summed E-state index contributed by atoms with van der Waals surface area (Å²) in [4.78, 5) is 10.6. The van der Waals surface area contributed by atoms with Gasteiger partial charge in [0.2, 0.25) is 0 Å². The summed E-state index contributed by atoms with van der Waals surface area (Å²) in [6.07, 6.45) is 0. The summed E-state index contributed by atoms with van der Waals surface area (Å²) < 4.78 is 13.0. The maximum absolute atomic E-state index is 13.0. The van der Waals surface area contributed by atoms with Crippen LogP contribution in [0.3, 0.4) is 0 Å². The van der Waals surface area contributed by atoms with E-state index in [4.69, 9.17) is 10.2 Å². The average Bonchev–Trinajstić information content (AvgIpc) is 2.09. The molecule has 0 radical (unpaired) electrons. The van der Waals surface area contributed by atoms with Crippen molar-refractivity contribution in [3.8, 4) is 0 Å². The molecule has 0 saturated heterocycles. The highest BCUT2D eigenvalue weighted by Gasteiger charge is 2.21. The molecule has 0 spiro atoms. The molecule has 0 aliphatic heterocycles. The molecule has 1 atom stereocenters. The fraction of sp³-hybridized carbons (Fsp3) is 0.222. The number of aliphatic carboxylic acids is 1. The van der Waals surface area contributed by atoms with Gasteiger partial charge in [-0.1, -0.05) is 18.2 Å². The normalized spacial score (nSPS) is 12.5. The minimum Gasteiger partial charge on any atom is -0.481 e. The molecule has 0 amide bonds. The third-order valence-electron chi connectivity index (χ3n) is 1.76. The van der Waals surface area contributed by atoms with Gasteiger partial charge in [0.25, 0.3) is 0 Å². The summed E-state index contributed by atoms with van der Waals surface area (Å²) >= 11 is 0. The maximum Gasteiger partial charge on any atom is 0.313 e. The number of hydrogen-bond donors (Lipinski definition) is 2. The van der Waals surface area contributed by atoms with Crippen molar-refractivity contribution >= 4 is 5.97 Å². The van der Waals surface area contributed by atoms with Crippen molar-refractivity contribution in [1.29, 1.82) is 0 Å². The number of benzene rings is 1. The van der Waals surface area contributed by atoms with Crippen LogP contribution in [0.2, 0.25) is 0 Å². The Morgan fingerprint density at radius 2 is 2.08 bits per heavy atom. The van der Waals surface area contributed by atoms with Crippen LogP contribution in [-0.2, 0) is 4.79 Å². The second-order valence-electron chi connectivity index (χ2n) is 2.59. The molecule has 1 rings (SSSR count). The Bertz CT molecular complexity index is 311. The molecule has 13 heavy (non-hydrogen) atoms. The van der Waals surface area contributed by atoms with Crippen LogP contribution in [0.25, 0.3) is 0 Å². The van der Waals surface area contributed by atoms with Crippen LogP contribution in [-0.4, -0.2) is 22.8 Å². The molecular weight excluding hydrogens is 175 g/mol. The van der Waals surface area contributed by atoms with Gasteiger partial charge in [0, 0.05) is 5.56 Å². The fourth-order valence-corrected chi connectivity index (χ4v) is 1.07. The Morgan fingerprint density at radius 3 is 2.54 bits per heavy atom. The molecule has 4 heteroatoms. The summed E-state index contributed by atoms with van der Waals surface area (Å²) in [5.74, 6) is -3.02. The smallest absolute Gasteiger partial charge is 0.313 e. The van der Waals surface area contributed by atoms with Gasteiger partial charge in [0.15, 0.2) is 0 Å². The number of aliphatic hydroxyl groups is 1. The molecular formula is C9H9FO3. The molecule has 0 unspecified atom stereocenters. The molecule has 70 valence electrons. The quantitative estimate of drug-likeness (QED) is 0.736.